The number of rotatable bonds is 3. The van der Waals surface area contributed by atoms with Gasteiger partial charge in [0.2, 0.25) is 0 Å². The van der Waals surface area contributed by atoms with Crippen LogP contribution in [0.4, 0.5) is 4.39 Å². The van der Waals surface area contributed by atoms with Crippen molar-refractivity contribution in [1.82, 2.24) is 15.0 Å². The Hall–Kier alpha value is -2.46. The molecule has 2 heterocycles. The lowest BCUT2D eigenvalue weighted by Crippen LogP contribution is -2.19. The van der Waals surface area contributed by atoms with Gasteiger partial charge in [-0.15, -0.1) is 0 Å². The quantitative estimate of drug-likeness (QED) is 0.398. The third kappa shape index (κ3) is 3.51. The van der Waals surface area contributed by atoms with E-state index in [1.165, 1.54) is 11.6 Å². The highest BCUT2D eigenvalue weighted by Gasteiger charge is 2.29. The van der Waals surface area contributed by atoms with Gasteiger partial charge in [-0.3, -0.25) is 4.98 Å². The Morgan fingerprint density at radius 2 is 1.83 bits per heavy atom. The van der Waals surface area contributed by atoms with E-state index in [2.05, 4.69) is 23.0 Å². The highest BCUT2D eigenvalue weighted by atomic mass is 35.5. The first-order valence-corrected chi connectivity index (χ1v) is 10.7. The molecule has 1 aliphatic carbocycles. The van der Waals surface area contributed by atoms with E-state index < -0.39 is 0 Å². The molecule has 2 aromatic heterocycles. The molecule has 5 rings (SSSR count). The number of hydrogen-bond donors (Lipinski definition) is 1. The zero-order valence-electron chi connectivity index (χ0n) is 16.3. The standard InChI is InChI=1S/C24H23ClFN3/c1-14(24-28-22-8-6-17(25)12-23(22)29-24)15-2-4-16(5-3-15)19-10-11-27-21-9-7-18(26)13-20(19)21/h6-16H,2-5H2,1H3,(H,28,29). The highest BCUT2D eigenvalue weighted by Crippen LogP contribution is 2.43. The number of aromatic amines is 1. The number of pyridine rings is 1. The maximum atomic E-state index is 13.8. The number of H-pyrrole nitrogens is 1. The number of nitrogens with zero attached hydrogens (tertiary/aromatic N) is 2. The molecule has 1 aliphatic rings. The average molecular weight is 408 g/mol. The Labute approximate surface area is 174 Å². The normalized spacial score (nSPS) is 20.9. The van der Waals surface area contributed by atoms with Crippen LogP contribution in [0.15, 0.2) is 48.7 Å². The van der Waals surface area contributed by atoms with Crippen molar-refractivity contribution >= 4 is 33.5 Å². The van der Waals surface area contributed by atoms with Crippen molar-refractivity contribution in [2.24, 2.45) is 5.92 Å². The third-order valence-electron chi connectivity index (χ3n) is 6.55. The van der Waals surface area contributed by atoms with Crippen molar-refractivity contribution in [2.45, 2.75) is 44.4 Å². The summed E-state index contributed by atoms with van der Waals surface area (Å²) in [6, 6.07) is 12.7. The summed E-state index contributed by atoms with van der Waals surface area (Å²) in [5, 5.41) is 1.68. The Morgan fingerprint density at radius 3 is 2.66 bits per heavy atom. The van der Waals surface area contributed by atoms with E-state index in [1.807, 2.05) is 24.4 Å². The van der Waals surface area contributed by atoms with Crippen molar-refractivity contribution in [2.75, 3.05) is 0 Å². The van der Waals surface area contributed by atoms with Gasteiger partial charge < -0.3 is 4.98 Å². The molecule has 1 N–H and O–H groups in total. The zero-order valence-corrected chi connectivity index (χ0v) is 17.1. The first-order valence-electron chi connectivity index (χ1n) is 10.3. The largest absolute Gasteiger partial charge is 0.342 e. The summed E-state index contributed by atoms with van der Waals surface area (Å²) in [4.78, 5) is 12.7. The summed E-state index contributed by atoms with van der Waals surface area (Å²) >= 11 is 6.11. The van der Waals surface area contributed by atoms with Crippen molar-refractivity contribution in [3.63, 3.8) is 0 Å². The van der Waals surface area contributed by atoms with Gasteiger partial charge in [-0.1, -0.05) is 18.5 Å². The van der Waals surface area contributed by atoms with E-state index in [0.717, 1.165) is 58.5 Å². The monoisotopic (exact) mass is 407 g/mol. The van der Waals surface area contributed by atoms with E-state index in [4.69, 9.17) is 16.6 Å². The highest BCUT2D eigenvalue weighted by molar-refractivity contribution is 6.31. The molecule has 1 unspecified atom stereocenters. The predicted molar refractivity (Wildman–Crippen MR) is 116 cm³/mol. The molecule has 1 saturated carbocycles. The summed E-state index contributed by atoms with van der Waals surface area (Å²) in [7, 11) is 0. The molecule has 0 radical (unpaired) electrons. The summed E-state index contributed by atoms with van der Waals surface area (Å²) in [5.41, 5.74) is 4.08. The SMILES string of the molecule is CC(c1nc2ccc(Cl)cc2[nH]1)C1CCC(c2ccnc3ccc(F)cc23)CC1. The number of imidazole rings is 1. The fourth-order valence-electron chi connectivity index (χ4n) is 4.87. The van der Waals surface area contributed by atoms with Crippen LogP contribution in [-0.4, -0.2) is 15.0 Å². The molecule has 148 valence electrons. The van der Waals surface area contributed by atoms with Crippen molar-refractivity contribution < 1.29 is 4.39 Å². The first-order chi connectivity index (χ1) is 14.1. The number of halogens is 2. The lowest BCUT2D eigenvalue weighted by atomic mass is 9.73. The molecule has 0 saturated heterocycles. The minimum absolute atomic E-state index is 0.195. The smallest absolute Gasteiger partial charge is 0.123 e. The topological polar surface area (TPSA) is 41.6 Å². The number of nitrogens with one attached hydrogen (secondary N) is 1. The second-order valence-electron chi connectivity index (χ2n) is 8.25. The van der Waals surface area contributed by atoms with Gasteiger partial charge in [0, 0.05) is 22.5 Å². The molecule has 5 heteroatoms. The first kappa shape index (κ1) is 18.6. The maximum absolute atomic E-state index is 13.8. The minimum atomic E-state index is -0.195. The van der Waals surface area contributed by atoms with Gasteiger partial charge in [0.1, 0.15) is 11.6 Å². The molecular weight excluding hydrogens is 385 g/mol. The van der Waals surface area contributed by atoms with Crippen molar-refractivity contribution in [3.05, 3.63) is 70.9 Å². The molecule has 29 heavy (non-hydrogen) atoms. The molecule has 0 amide bonds. The van der Waals surface area contributed by atoms with Gasteiger partial charge in [0.15, 0.2) is 0 Å². The molecule has 2 aromatic carbocycles. The Kier molecular flexibility index (Phi) is 4.75. The van der Waals surface area contributed by atoms with Crippen LogP contribution < -0.4 is 0 Å². The van der Waals surface area contributed by atoms with Crippen molar-refractivity contribution in [3.8, 4) is 0 Å². The van der Waals surface area contributed by atoms with E-state index in [-0.39, 0.29) is 5.82 Å². The van der Waals surface area contributed by atoms with Crippen LogP contribution in [-0.2, 0) is 0 Å². The van der Waals surface area contributed by atoms with Gasteiger partial charge in [-0.25, -0.2) is 9.37 Å². The van der Waals surface area contributed by atoms with Gasteiger partial charge in [-0.05, 0) is 85.5 Å². The number of benzene rings is 2. The summed E-state index contributed by atoms with van der Waals surface area (Å²) in [6.07, 6.45) is 6.35. The van der Waals surface area contributed by atoms with Crippen molar-refractivity contribution in [1.29, 1.82) is 0 Å². The predicted octanol–water partition coefficient (Wildman–Crippen LogP) is 6.98. The molecule has 0 spiro atoms. The lowest BCUT2D eigenvalue weighted by molar-refractivity contribution is 0.286. The van der Waals surface area contributed by atoms with Crippen LogP contribution in [0.3, 0.4) is 0 Å². The van der Waals surface area contributed by atoms with E-state index in [0.29, 0.717) is 17.8 Å². The minimum Gasteiger partial charge on any atom is -0.342 e. The van der Waals surface area contributed by atoms with Crippen LogP contribution in [0.25, 0.3) is 21.9 Å². The fourth-order valence-corrected chi connectivity index (χ4v) is 5.04. The molecular formula is C24H23ClFN3. The van der Waals surface area contributed by atoms with Crippen LogP contribution in [0.2, 0.25) is 5.02 Å². The van der Waals surface area contributed by atoms with Crippen LogP contribution >= 0.6 is 11.6 Å². The number of aromatic nitrogens is 3. The molecule has 1 fully saturated rings. The number of fused-ring (bicyclic) bond motifs is 2. The molecule has 1 atom stereocenters. The van der Waals surface area contributed by atoms with E-state index in [9.17, 15) is 4.39 Å². The van der Waals surface area contributed by atoms with E-state index >= 15 is 0 Å². The Morgan fingerprint density at radius 1 is 1.03 bits per heavy atom. The Bertz CT molecular complexity index is 1180. The Balaban J connectivity index is 1.34. The summed E-state index contributed by atoms with van der Waals surface area (Å²) in [6.45, 7) is 2.27. The van der Waals surface area contributed by atoms with Gasteiger partial charge in [0.05, 0.1) is 16.6 Å². The van der Waals surface area contributed by atoms with E-state index in [1.54, 1.807) is 12.1 Å². The molecule has 4 aromatic rings. The third-order valence-corrected chi connectivity index (χ3v) is 6.78. The maximum Gasteiger partial charge on any atom is 0.123 e. The van der Waals surface area contributed by atoms with Gasteiger partial charge >= 0.3 is 0 Å². The molecule has 3 nitrogen and oxygen atoms in total. The zero-order chi connectivity index (χ0) is 20.0. The van der Waals surface area contributed by atoms with Gasteiger partial charge in [0.25, 0.3) is 0 Å². The second-order valence-corrected chi connectivity index (χ2v) is 8.68. The van der Waals surface area contributed by atoms with Crippen LogP contribution in [0, 0.1) is 11.7 Å². The van der Waals surface area contributed by atoms with Crippen LogP contribution in [0.1, 0.15) is 55.8 Å². The fraction of sp³-hybridized carbons (Fsp3) is 0.333. The molecule has 0 bridgehead atoms. The lowest BCUT2D eigenvalue weighted by Gasteiger charge is -2.32. The average Bonchev–Trinajstić information content (AvgIpc) is 3.16. The number of hydrogen-bond acceptors (Lipinski definition) is 2. The van der Waals surface area contributed by atoms with Crippen LogP contribution in [0.5, 0.6) is 0 Å². The van der Waals surface area contributed by atoms with Gasteiger partial charge in [-0.2, -0.15) is 0 Å². The molecule has 0 aliphatic heterocycles. The summed E-state index contributed by atoms with van der Waals surface area (Å²) < 4.78 is 13.8. The second kappa shape index (κ2) is 7.42. The summed E-state index contributed by atoms with van der Waals surface area (Å²) in [5.74, 6) is 2.27.